The van der Waals surface area contributed by atoms with E-state index < -0.39 is 11.5 Å². The predicted octanol–water partition coefficient (Wildman–Crippen LogP) is 3.53. The molecule has 194 valence electrons. The van der Waals surface area contributed by atoms with Crippen molar-refractivity contribution in [3.63, 3.8) is 0 Å². The van der Waals surface area contributed by atoms with Gasteiger partial charge in [0.15, 0.2) is 17.1 Å². The summed E-state index contributed by atoms with van der Waals surface area (Å²) in [4.78, 5) is 33.4. The summed E-state index contributed by atoms with van der Waals surface area (Å²) in [7, 11) is 4.40. The molecule has 1 amide bonds. The van der Waals surface area contributed by atoms with E-state index in [1.165, 1.54) is 49.0 Å². The fourth-order valence-electron chi connectivity index (χ4n) is 3.93. The zero-order valence-electron chi connectivity index (χ0n) is 20.8. The SMILES string of the molecule is COc1cc(C(=O)Nc2cc(C)nn2-c2nc3c(cnn3-c3ccc(Cl)cc3)c(=O)[nH]2)cc(OC)c1OC. The highest BCUT2D eigenvalue weighted by atomic mass is 35.5. The number of carbonyl (C=O) groups is 1. The largest absolute Gasteiger partial charge is 0.493 e. The molecule has 12 nitrogen and oxygen atoms in total. The molecule has 0 atom stereocenters. The Bertz CT molecular complexity index is 1700. The van der Waals surface area contributed by atoms with Gasteiger partial charge in [0.2, 0.25) is 11.7 Å². The fourth-order valence-corrected chi connectivity index (χ4v) is 4.06. The molecule has 5 aromatic rings. The summed E-state index contributed by atoms with van der Waals surface area (Å²) in [6, 6.07) is 11.7. The number of benzene rings is 2. The Balaban J connectivity index is 1.55. The van der Waals surface area contributed by atoms with Crippen LogP contribution >= 0.6 is 11.6 Å². The van der Waals surface area contributed by atoms with Crippen molar-refractivity contribution in [2.75, 3.05) is 26.6 Å². The number of anilines is 1. The van der Waals surface area contributed by atoms with E-state index in [0.717, 1.165) is 0 Å². The molecule has 0 saturated heterocycles. The van der Waals surface area contributed by atoms with E-state index in [0.29, 0.717) is 39.3 Å². The van der Waals surface area contributed by atoms with Crippen molar-refractivity contribution < 1.29 is 19.0 Å². The molecule has 2 N–H and O–H groups in total. The zero-order chi connectivity index (χ0) is 27.0. The lowest BCUT2D eigenvalue weighted by atomic mass is 10.1. The number of rotatable bonds is 7. The average Bonchev–Trinajstić information content (AvgIpc) is 3.51. The number of H-pyrrole nitrogens is 1. The second-order valence-corrected chi connectivity index (χ2v) is 8.55. The van der Waals surface area contributed by atoms with Crippen LogP contribution in [0.5, 0.6) is 17.2 Å². The molecule has 0 saturated carbocycles. The summed E-state index contributed by atoms with van der Waals surface area (Å²) in [5.74, 6) is 0.912. The number of halogens is 1. The number of methoxy groups -OCH3 is 3. The highest BCUT2D eigenvalue weighted by Gasteiger charge is 2.20. The first-order chi connectivity index (χ1) is 18.3. The molecule has 5 rings (SSSR count). The van der Waals surface area contributed by atoms with E-state index >= 15 is 0 Å². The van der Waals surface area contributed by atoms with Crippen LogP contribution in [0.3, 0.4) is 0 Å². The van der Waals surface area contributed by atoms with Gasteiger partial charge in [0.05, 0.1) is 38.9 Å². The number of nitrogens with one attached hydrogen (secondary N) is 2. The Morgan fingerprint density at radius 3 is 2.32 bits per heavy atom. The predicted molar refractivity (Wildman–Crippen MR) is 140 cm³/mol. The standard InChI is InChI=1S/C25H22ClN7O5/c1-13-9-20(28-23(34)14-10-18(36-2)21(38-4)19(11-14)37-3)33(31-13)25-29-22-17(24(35)30-25)12-27-32(22)16-7-5-15(26)6-8-16/h5-12H,1-4H3,(H,28,34)(H,29,30,35). The van der Waals surface area contributed by atoms with E-state index in [1.807, 2.05) is 0 Å². The number of aryl methyl sites for hydroxylation is 1. The van der Waals surface area contributed by atoms with Gasteiger partial charge in [0, 0.05) is 16.7 Å². The molecule has 0 unspecified atom stereocenters. The van der Waals surface area contributed by atoms with Crippen molar-refractivity contribution in [2.24, 2.45) is 0 Å². The zero-order valence-corrected chi connectivity index (χ0v) is 21.5. The Kier molecular flexibility index (Phi) is 6.47. The summed E-state index contributed by atoms with van der Waals surface area (Å²) in [6.07, 6.45) is 1.43. The molecule has 3 aromatic heterocycles. The minimum atomic E-state index is -0.472. The summed E-state index contributed by atoms with van der Waals surface area (Å²) >= 11 is 6.01. The summed E-state index contributed by atoms with van der Waals surface area (Å²) in [5, 5.41) is 12.4. The van der Waals surface area contributed by atoms with Crippen molar-refractivity contribution in [3.8, 4) is 28.9 Å². The third-order valence-corrected chi connectivity index (χ3v) is 5.95. The van der Waals surface area contributed by atoms with Gasteiger partial charge in [-0.3, -0.25) is 14.6 Å². The van der Waals surface area contributed by atoms with E-state index in [4.69, 9.17) is 25.8 Å². The number of ether oxygens (including phenoxy) is 3. The molecule has 3 heterocycles. The van der Waals surface area contributed by atoms with E-state index in [1.54, 1.807) is 37.3 Å². The molecule has 0 bridgehead atoms. The number of carbonyl (C=O) groups excluding carboxylic acids is 1. The van der Waals surface area contributed by atoms with Crippen LogP contribution < -0.4 is 25.1 Å². The van der Waals surface area contributed by atoms with Gasteiger partial charge in [0.25, 0.3) is 11.5 Å². The lowest BCUT2D eigenvalue weighted by Gasteiger charge is -2.14. The summed E-state index contributed by atoms with van der Waals surface area (Å²) < 4.78 is 18.9. The van der Waals surface area contributed by atoms with Crippen LogP contribution in [0.15, 0.2) is 53.5 Å². The summed E-state index contributed by atoms with van der Waals surface area (Å²) in [5.41, 5.74) is 1.39. The van der Waals surface area contributed by atoms with Gasteiger partial charge in [0.1, 0.15) is 11.2 Å². The first kappa shape index (κ1) is 24.8. The van der Waals surface area contributed by atoms with E-state index in [-0.39, 0.29) is 22.7 Å². The highest BCUT2D eigenvalue weighted by Crippen LogP contribution is 2.38. The summed E-state index contributed by atoms with van der Waals surface area (Å²) in [6.45, 7) is 1.75. The van der Waals surface area contributed by atoms with Gasteiger partial charge in [-0.25, -0.2) is 4.68 Å². The number of hydrogen-bond acceptors (Lipinski definition) is 8. The Hall–Kier alpha value is -4.84. The van der Waals surface area contributed by atoms with E-state index in [2.05, 4.69) is 25.5 Å². The maximum Gasteiger partial charge on any atom is 0.263 e. The molecule has 13 heteroatoms. The van der Waals surface area contributed by atoms with Crippen molar-refractivity contribution >= 4 is 34.4 Å². The van der Waals surface area contributed by atoms with Crippen molar-refractivity contribution in [1.29, 1.82) is 0 Å². The minimum Gasteiger partial charge on any atom is -0.493 e. The van der Waals surface area contributed by atoms with Gasteiger partial charge >= 0.3 is 0 Å². The molecule has 0 aliphatic rings. The van der Waals surface area contributed by atoms with Crippen LogP contribution in [0.1, 0.15) is 16.1 Å². The van der Waals surface area contributed by atoms with Crippen molar-refractivity contribution in [3.05, 3.63) is 75.3 Å². The fraction of sp³-hybridized carbons (Fsp3) is 0.160. The van der Waals surface area contributed by atoms with Gasteiger partial charge in [-0.15, -0.1) is 0 Å². The Morgan fingerprint density at radius 2 is 1.68 bits per heavy atom. The van der Waals surface area contributed by atoms with Crippen LogP contribution in [-0.4, -0.2) is 56.8 Å². The number of fused-ring (bicyclic) bond motifs is 1. The molecule has 38 heavy (non-hydrogen) atoms. The van der Waals surface area contributed by atoms with Crippen LogP contribution in [0, 0.1) is 6.92 Å². The minimum absolute atomic E-state index is 0.0894. The smallest absolute Gasteiger partial charge is 0.263 e. The molecular weight excluding hydrogens is 514 g/mol. The topological polar surface area (TPSA) is 138 Å². The highest BCUT2D eigenvalue weighted by molar-refractivity contribution is 6.30. The molecule has 0 spiro atoms. The van der Waals surface area contributed by atoms with Crippen molar-refractivity contribution in [2.45, 2.75) is 6.92 Å². The first-order valence-corrected chi connectivity index (χ1v) is 11.6. The normalized spacial score (nSPS) is 11.0. The van der Waals surface area contributed by atoms with Gasteiger partial charge in [-0.05, 0) is 43.3 Å². The second-order valence-electron chi connectivity index (χ2n) is 8.11. The molecule has 0 fully saturated rings. The van der Waals surface area contributed by atoms with Gasteiger partial charge in [-0.2, -0.15) is 19.9 Å². The van der Waals surface area contributed by atoms with Crippen molar-refractivity contribution in [1.82, 2.24) is 29.5 Å². The molecule has 0 aliphatic carbocycles. The molecular formula is C25H22ClN7O5. The van der Waals surface area contributed by atoms with Crippen LogP contribution in [0.2, 0.25) is 5.02 Å². The van der Waals surface area contributed by atoms with Gasteiger partial charge in [-0.1, -0.05) is 11.6 Å². The van der Waals surface area contributed by atoms with Gasteiger partial charge < -0.3 is 19.5 Å². The number of nitrogens with zero attached hydrogens (tertiary/aromatic N) is 5. The van der Waals surface area contributed by atoms with Crippen LogP contribution in [0.4, 0.5) is 5.82 Å². The van der Waals surface area contributed by atoms with E-state index in [9.17, 15) is 9.59 Å². The number of amides is 1. The number of aromatic nitrogens is 6. The molecule has 0 aliphatic heterocycles. The third-order valence-electron chi connectivity index (χ3n) is 5.70. The molecule has 0 radical (unpaired) electrons. The Labute approximate surface area is 220 Å². The van der Waals surface area contributed by atoms with Crippen LogP contribution in [-0.2, 0) is 0 Å². The number of hydrogen-bond donors (Lipinski definition) is 2. The maximum atomic E-state index is 13.2. The van der Waals surface area contributed by atoms with Crippen LogP contribution in [0.25, 0.3) is 22.7 Å². The lowest BCUT2D eigenvalue weighted by Crippen LogP contribution is -2.19. The second kappa shape index (κ2) is 9.90. The monoisotopic (exact) mass is 535 g/mol. The third kappa shape index (κ3) is 4.41. The Morgan fingerprint density at radius 1 is 1.00 bits per heavy atom. The lowest BCUT2D eigenvalue weighted by molar-refractivity contribution is 0.102. The quantitative estimate of drug-likeness (QED) is 0.323. The average molecular weight is 536 g/mol. The first-order valence-electron chi connectivity index (χ1n) is 11.2. The number of aromatic amines is 1. The maximum absolute atomic E-state index is 13.2. The molecule has 2 aromatic carbocycles.